The van der Waals surface area contributed by atoms with Gasteiger partial charge in [-0.2, -0.15) is 0 Å². The minimum Gasteiger partial charge on any atom is -0.495 e. The third kappa shape index (κ3) is 3.01. The Kier molecular flexibility index (Phi) is 4.20. The molecule has 0 spiro atoms. The summed E-state index contributed by atoms with van der Waals surface area (Å²) >= 11 is 3.33. The van der Waals surface area contributed by atoms with Crippen molar-refractivity contribution in [1.29, 1.82) is 0 Å². The van der Waals surface area contributed by atoms with Gasteiger partial charge in [-0.05, 0) is 30.3 Å². The Morgan fingerprint density at radius 1 is 1.22 bits per heavy atom. The first-order valence-electron chi connectivity index (χ1n) is 5.51. The molecule has 0 aliphatic rings. The molecule has 0 unspecified atom stereocenters. The van der Waals surface area contributed by atoms with Crippen LogP contribution in [0.3, 0.4) is 0 Å². The first kappa shape index (κ1) is 12.9. The zero-order valence-corrected chi connectivity index (χ0v) is 11.5. The summed E-state index contributed by atoms with van der Waals surface area (Å²) in [4.78, 5) is 0. The molecule has 0 fully saturated rings. The van der Waals surface area contributed by atoms with Gasteiger partial charge in [-0.25, -0.2) is 4.39 Å². The van der Waals surface area contributed by atoms with Crippen molar-refractivity contribution in [3.63, 3.8) is 0 Å². The van der Waals surface area contributed by atoms with Crippen molar-refractivity contribution in [1.82, 2.24) is 0 Å². The number of nitrogens with one attached hydrogen (secondary N) is 1. The van der Waals surface area contributed by atoms with E-state index in [0.717, 1.165) is 15.9 Å². The third-order valence-corrected chi connectivity index (χ3v) is 3.08. The third-order valence-electron chi connectivity index (χ3n) is 2.58. The summed E-state index contributed by atoms with van der Waals surface area (Å²) in [7, 11) is 1.61. The molecular formula is C14H13BrFNO. The van der Waals surface area contributed by atoms with Crippen LogP contribution in [0.1, 0.15) is 5.56 Å². The van der Waals surface area contributed by atoms with Crippen LogP contribution in [-0.4, -0.2) is 7.11 Å². The van der Waals surface area contributed by atoms with Crippen LogP contribution in [0.2, 0.25) is 0 Å². The van der Waals surface area contributed by atoms with Gasteiger partial charge in [-0.15, -0.1) is 0 Å². The molecule has 0 heterocycles. The lowest BCUT2D eigenvalue weighted by Crippen LogP contribution is -2.03. The van der Waals surface area contributed by atoms with Gasteiger partial charge in [0, 0.05) is 16.6 Å². The maximum absolute atomic E-state index is 13.6. The second kappa shape index (κ2) is 5.87. The van der Waals surface area contributed by atoms with Gasteiger partial charge in [-0.1, -0.05) is 28.1 Å². The maximum Gasteiger partial charge on any atom is 0.141 e. The second-order valence-electron chi connectivity index (χ2n) is 3.79. The van der Waals surface area contributed by atoms with E-state index in [1.54, 1.807) is 19.2 Å². The second-order valence-corrected chi connectivity index (χ2v) is 4.71. The van der Waals surface area contributed by atoms with Crippen molar-refractivity contribution in [3.05, 3.63) is 58.3 Å². The van der Waals surface area contributed by atoms with E-state index in [9.17, 15) is 4.39 Å². The molecule has 0 saturated carbocycles. The molecular weight excluding hydrogens is 297 g/mol. The first-order chi connectivity index (χ1) is 8.70. The quantitative estimate of drug-likeness (QED) is 0.913. The Morgan fingerprint density at radius 2 is 2.00 bits per heavy atom. The van der Waals surface area contributed by atoms with E-state index >= 15 is 0 Å². The average molecular weight is 310 g/mol. The highest BCUT2D eigenvalue weighted by atomic mass is 79.9. The molecule has 2 nitrogen and oxygen atoms in total. The van der Waals surface area contributed by atoms with Crippen molar-refractivity contribution in [2.24, 2.45) is 0 Å². The minimum absolute atomic E-state index is 0.222. The Bertz CT molecular complexity index is 545. The van der Waals surface area contributed by atoms with Gasteiger partial charge in [0.15, 0.2) is 0 Å². The van der Waals surface area contributed by atoms with Gasteiger partial charge in [0.2, 0.25) is 0 Å². The number of hydrogen-bond donors (Lipinski definition) is 1. The molecule has 1 N–H and O–H groups in total. The largest absolute Gasteiger partial charge is 0.495 e. The number of benzene rings is 2. The van der Waals surface area contributed by atoms with Gasteiger partial charge in [0.05, 0.1) is 12.8 Å². The molecule has 2 rings (SSSR count). The van der Waals surface area contributed by atoms with E-state index in [4.69, 9.17) is 4.74 Å². The van der Waals surface area contributed by atoms with Crippen molar-refractivity contribution in [2.75, 3.05) is 12.4 Å². The Morgan fingerprint density at radius 3 is 2.78 bits per heavy atom. The normalized spacial score (nSPS) is 10.2. The minimum atomic E-state index is -0.222. The number of hydrogen-bond acceptors (Lipinski definition) is 2. The SMILES string of the molecule is COc1ccccc1NCc1cc(Br)ccc1F. The Hall–Kier alpha value is -1.55. The van der Waals surface area contributed by atoms with Crippen molar-refractivity contribution in [3.8, 4) is 5.75 Å². The van der Waals surface area contributed by atoms with Crippen molar-refractivity contribution >= 4 is 21.6 Å². The van der Waals surface area contributed by atoms with Gasteiger partial charge in [-0.3, -0.25) is 0 Å². The summed E-state index contributed by atoms with van der Waals surface area (Å²) in [5.41, 5.74) is 1.45. The molecule has 0 aliphatic heterocycles. The van der Waals surface area contributed by atoms with Crippen LogP contribution >= 0.6 is 15.9 Å². The zero-order chi connectivity index (χ0) is 13.0. The standard InChI is InChI=1S/C14H13BrFNO/c1-18-14-5-3-2-4-13(14)17-9-10-8-11(15)6-7-12(10)16/h2-8,17H,9H2,1H3. The van der Waals surface area contributed by atoms with Gasteiger partial charge in [0.25, 0.3) is 0 Å². The molecule has 0 bridgehead atoms. The molecule has 0 saturated heterocycles. The highest BCUT2D eigenvalue weighted by Gasteiger charge is 2.05. The summed E-state index contributed by atoms with van der Waals surface area (Å²) < 4.78 is 19.6. The van der Waals surface area contributed by atoms with Crippen LogP contribution < -0.4 is 10.1 Å². The highest BCUT2D eigenvalue weighted by Crippen LogP contribution is 2.24. The summed E-state index contributed by atoms with van der Waals surface area (Å²) in [5.74, 6) is 0.522. The fourth-order valence-electron chi connectivity index (χ4n) is 1.66. The van der Waals surface area contributed by atoms with E-state index in [1.807, 2.05) is 24.3 Å². The zero-order valence-electron chi connectivity index (χ0n) is 9.91. The topological polar surface area (TPSA) is 21.3 Å². The number of halogens is 2. The number of ether oxygens (including phenoxy) is 1. The number of methoxy groups -OCH3 is 1. The van der Waals surface area contributed by atoms with E-state index < -0.39 is 0 Å². The molecule has 0 aliphatic carbocycles. The first-order valence-corrected chi connectivity index (χ1v) is 6.31. The molecule has 94 valence electrons. The summed E-state index contributed by atoms with van der Waals surface area (Å²) in [5, 5.41) is 3.16. The van der Waals surface area contributed by atoms with E-state index in [2.05, 4.69) is 21.2 Å². The molecule has 2 aromatic carbocycles. The van der Waals surface area contributed by atoms with Gasteiger partial charge < -0.3 is 10.1 Å². The molecule has 4 heteroatoms. The predicted octanol–water partition coefficient (Wildman–Crippen LogP) is 4.21. The molecule has 18 heavy (non-hydrogen) atoms. The molecule has 0 aromatic heterocycles. The fraction of sp³-hybridized carbons (Fsp3) is 0.143. The lowest BCUT2D eigenvalue weighted by molar-refractivity contribution is 0.416. The molecule has 2 aromatic rings. The fourth-order valence-corrected chi connectivity index (χ4v) is 2.07. The van der Waals surface area contributed by atoms with Crippen LogP contribution in [0.25, 0.3) is 0 Å². The summed E-state index contributed by atoms with van der Waals surface area (Å²) in [6.45, 7) is 0.408. The summed E-state index contributed by atoms with van der Waals surface area (Å²) in [6.07, 6.45) is 0. The Labute approximate surface area is 114 Å². The van der Waals surface area contributed by atoms with E-state index in [1.165, 1.54) is 6.07 Å². The Balaban J connectivity index is 2.14. The lowest BCUT2D eigenvalue weighted by Gasteiger charge is -2.11. The summed E-state index contributed by atoms with van der Waals surface area (Å²) in [6, 6.07) is 12.4. The molecule has 0 radical (unpaired) electrons. The number of para-hydroxylation sites is 2. The monoisotopic (exact) mass is 309 g/mol. The number of rotatable bonds is 4. The van der Waals surface area contributed by atoms with E-state index in [0.29, 0.717) is 12.1 Å². The smallest absolute Gasteiger partial charge is 0.141 e. The van der Waals surface area contributed by atoms with Crippen LogP contribution in [0.5, 0.6) is 5.75 Å². The maximum atomic E-state index is 13.6. The van der Waals surface area contributed by atoms with Crippen LogP contribution in [0, 0.1) is 5.82 Å². The van der Waals surface area contributed by atoms with Gasteiger partial charge in [0.1, 0.15) is 11.6 Å². The van der Waals surface area contributed by atoms with Crippen LogP contribution in [0.4, 0.5) is 10.1 Å². The van der Waals surface area contributed by atoms with Crippen molar-refractivity contribution in [2.45, 2.75) is 6.54 Å². The number of anilines is 1. The molecule has 0 amide bonds. The highest BCUT2D eigenvalue weighted by molar-refractivity contribution is 9.10. The van der Waals surface area contributed by atoms with E-state index in [-0.39, 0.29) is 5.82 Å². The lowest BCUT2D eigenvalue weighted by atomic mass is 10.2. The molecule has 0 atom stereocenters. The average Bonchev–Trinajstić information content (AvgIpc) is 2.40. The van der Waals surface area contributed by atoms with Crippen molar-refractivity contribution < 1.29 is 9.13 Å². The van der Waals surface area contributed by atoms with Gasteiger partial charge >= 0.3 is 0 Å². The predicted molar refractivity (Wildman–Crippen MR) is 74.4 cm³/mol. The van der Waals surface area contributed by atoms with Crippen LogP contribution in [0.15, 0.2) is 46.9 Å². The van der Waals surface area contributed by atoms with Crippen LogP contribution in [-0.2, 0) is 6.54 Å².